The minimum absolute atomic E-state index is 0.186. The van der Waals surface area contributed by atoms with Gasteiger partial charge in [-0.1, -0.05) is 12.1 Å². The van der Waals surface area contributed by atoms with Gasteiger partial charge in [0.1, 0.15) is 5.00 Å². The summed E-state index contributed by atoms with van der Waals surface area (Å²) in [6, 6.07) is 9.72. The number of nitrogens with one attached hydrogen (secondary N) is 1. The first-order valence-corrected chi connectivity index (χ1v) is 6.33. The standard InChI is InChI=1S/C13H10N4O2S/c14-6-7-2-1-3-8(4-7)10-5-9(11(15)18)12(20-10)17-13(16)19/h1-5H,(H2,15,18)(H3,16,17,19). The lowest BCUT2D eigenvalue weighted by atomic mass is 10.1. The number of amides is 3. The van der Waals surface area contributed by atoms with Crippen LogP contribution in [0.2, 0.25) is 0 Å². The van der Waals surface area contributed by atoms with Crippen molar-refractivity contribution in [1.29, 1.82) is 5.26 Å². The molecule has 5 N–H and O–H groups in total. The lowest BCUT2D eigenvalue weighted by Crippen LogP contribution is -2.21. The molecule has 0 aliphatic carbocycles. The molecule has 3 amide bonds. The number of rotatable bonds is 3. The largest absolute Gasteiger partial charge is 0.366 e. The fourth-order valence-corrected chi connectivity index (χ4v) is 2.73. The summed E-state index contributed by atoms with van der Waals surface area (Å²) in [4.78, 5) is 23.0. The summed E-state index contributed by atoms with van der Waals surface area (Å²) >= 11 is 1.17. The van der Waals surface area contributed by atoms with Gasteiger partial charge in [0.05, 0.1) is 17.2 Å². The number of hydrogen-bond donors (Lipinski definition) is 3. The molecule has 0 bridgehead atoms. The van der Waals surface area contributed by atoms with E-state index in [1.165, 1.54) is 11.3 Å². The molecular formula is C13H10N4O2S. The van der Waals surface area contributed by atoms with Gasteiger partial charge in [-0.15, -0.1) is 11.3 Å². The maximum Gasteiger partial charge on any atom is 0.317 e. The van der Waals surface area contributed by atoms with E-state index in [9.17, 15) is 9.59 Å². The van der Waals surface area contributed by atoms with Crippen LogP contribution in [0, 0.1) is 11.3 Å². The summed E-state index contributed by atoms with van der Waals surface area (Å²) < 4.78 is 0. The molecular weight excluding hydrogens is 276 g/mol. The lowest BCUT2D eigenvalue weighted by molar-refractivity contribution is 0.100. The number of thiophene rings is 1. The van der Waals surface area contributed by atoms with E-state index >= 15 is 0 Å². The van der Waals surface area contributed by atoms with Gasteiger partial charge in [0.15, 0.2) is 0 Å². The Morgan fingerprint density at radius 3 is 2.60 bits per heavy atom. The number of benzene rings is 1. The summed E-state index contributed by atoms with van der Waals surface area (Å²) in [6.45, 7) is 0. The zero-order chi connectivity index (χ0) is 14.7. The number of nitriles is 1. The van der Waals surface area contributed by atoms with E-state index in [0.29, 0.717) is 15.4 Å². The molecule has 100 valence electrons. The molecule has 7 heteroatoms. The Balaban J connectivity index is 2.50. The van der Waals surface area contributed by atoms with Crippen LogP contribution in [0.15, 0.2) is 30.3 Å². The summed E-state index contributed by atoms with van der Waals surface area (Å²) in [7, 11) is 0. The molecule has 1 heterocycles. The third-order valence-corrected chi connectivity index (χ3v) is 3.61. The highest BCUT2D eigenvalue weighted by atomic mass is 32.1. The number of carbonyl (C=O) groups is 2. The zero-order valence-corrected chi connectivity index (χ0v) is 11.0. The molecule has 0 spiro atoms. The van der Waals surface area contributed by atoms with E-state index in [1.54, 1.807) is 30.3 Å². The highest BCUT2D eigenvalue weighted by molar-refractivity contribution is 7.20. The van der Waals surface area contributed by atoms with Crippen molar-refractivity contribution in [2.24, 2.45) is 11.5 Å². The quantitative estimate of drug-likeness (QED) is 0.798. The van der Waals surface area contributed by atoms with Crippen molar-refractivity contribution >= 4 is 28.3 Å². The monoisotopic (exact) mass is 286 g/mol. The number of nitrogens with zero attached hydrogens (tertiary/aromatic N) is 1. The molecule has 2 rings (SSSR count). The van der Waals surface area contributed by atoms with E-state index in [4.69, 9.17) is 16.7 Å². The van der Waals surface area contributed by atoms with Crippen LogP contribution in [-0.2, 0) is 0 Å². The number of hydrogen-bond acceptors (Lipinski definition) is 4. The zero-order valence-electron chi connectivity index (χ0n) is 10.2. The fraction of sp³-hybridized carbons (Fsp3) is 0. The molecule has 0 unspecified atom stereocenters. The van der Waals surface area contributed by atoms with Crippen LogP contribution in [0.25, 0.3) is 10.4 Å². The Morgan fingerprint density at radius 1 is 1.25 bits per heavy atom. The minimum atomic E-state index is -0.772. The summed E-state index contributed by atoms with van der Waals surface area (Å²) in [5.74, 6) is -0.660. The van der Waals surface area contributed by atoms with Gasteiger partial charge in [-0.2, -0.15) is 5.26 Å². The summed E-state index contributed by atoms with van der Waals surface area (Å²) in [5, 5.41) is 11.5. The van der Waals surface area contributed by atoms with Crippen LogP contribution < -0.4 is 16.8 Å². The van der Waals surface area contributed by atoms with Gasteiger partial charge in [0.25, 0.3) is 5.91 Å². The molecule has 20 heavy (non-hydrogen) atoms. The molecule has 0 saturated carbocycles. The molecule has 2 aromatic rings. The van der Waals surface area contributed by atoms with Gasteiger partial charge < -0.3 is 11.5 Å². The van der Waals surface area contributed by atoms with Crippen molar-refractivity contribution in [2.75, 3.05) is 5.32 Å². The van der Waals surface area contributed by atoms with E-state index in [-0.39, 0.29) is 5.56 Å². The van der Waals surface area contributed by atoms with Crippen molar-refractivity contribution in [3.05, 3.63) is 41.5 Å². The Morgan fingerprint density at radius 2 is 2.00 bits per heavy atom. The average molecular weight is 286 g/mol. The van der Waals surface area contributed by atoms with Crippen molar-refractivity contribution in [3.63, 3.8) is 0 Å². The van der Waals surface area contributed by atoms with Gasteiger partial charge in [-0.25, -0.2) is 4.79 Å². The van der Waals surface area contributed by atoms with Gasteiger partial charge in [0.2, 0.25) is 0 Å². The fourth-order valence-electron chi connectivity index (χ4n) is 1.66. The highest BCUT2D eigenvalue weighted by Gasteiger charge is 2.16. The normalized spacial score (nSPS) is 9.75. The first-order valence-electron chi connectivity index (χ1n) is 5.52. The molecule has 0 fully saturated rings. The van der Waals surface area contributed by atoms with E-state index in [0.717, 1.165) is 5.56 Å². The number of urea groups is 1. The van der Waals surface area contributed by atoms with Crippen LogP contribution >= 0.6 is 11.3 Å². The Labute approximate surface area is 118 Å². The lowest BCUT2D eigenvalue weighted by Gasteiger charge is -1.99. The smallest absolute Gasteiger partial charge is 0.317 e. The van der Waals surface area contributed by atoms with E-state index in [2.05, 4.69) is 5.32 Å². The Bertz CT molecular complexity index is 730. The van der Waals surface area contributed by atoms with Gasteiger partial charge in [0, 0.05) is 4.88 Å². The maximum atomic E-state index is 11.4. The Kier molecular flexibility index (Phi) is 3.68. The maximum absolute atomic E-state index is 11.4. The first kappa shape index (κ1) is 13.6. The second-order valence-corrected chi connectivity index (χ2v) is 4.95. The third kappa shape index (κ3) is 2.76. The van der Waals surface area contributed by atoms with E-state index in [1.807, 2.05) is 6.07 Å². The molecule has 1 aromatic heterocycles. The van der Waals surface area contributed by atoms with Crippen molar-refractivity contribution < 1.29 is 9.59 Å². The topological polar surface area (TPSA) is 122 Å². The van der Waals surface area contributed by atoms with Crippen LogP contribution in [0.4, 0.5) is 9.80 Å². The third-order valence-electron chi connectivity index (χ3n) is 2.51. The number of nitrogens with two attached hydrogens (primary N) is 2. The predicted octanol–water partition coefficient (Wildman–Crippen LogP) is 1.88. The molecule has 1 aromatic carbocycles. The highest BCUT2D eigenvalue weighted by Crippen LogP contribution is 2.35. The van der Waals surface area contributed by atoms with Crippen molar-refractivity contribution in [2.45, 2.75) is 0 Å². The second kappa shape index (κ2) is 5.42. The summed E-state index contributed by atoms with van der Waals surface area (Å²) in [6.07, 6.45) is 0. The van der Waals surface area contributed by atoms with Crippen molar-refractivity contribution in [3.8, 4) is 16.5 Å². The predicted molar refractivity (Wildman–Crippen MR) is 76.2 cm³/mol. The number of carbonyl (C=O) groups excluding carboxylic acids is 2. The molecule has 0 aliphatic heterocycles. The summed E-state index contributed by atoms with van der Waals surface area (Å²) in [5.41, 5.74) is 11.8. The van der Waals surface area contributed by atoms with Crippen LogP contribution in [0.5, 0.6) is 0 Å². The van der Waals surface area contributed by atoms with Gasteiger partial charge in [-0.05, 0) is 23.8 Å². The molecule has 0 radical (unpaired) electrons. The minimum Gasteiger partial charge on any atom is -0.366 e. The van der Waals surface area contributed by atoms with Crippen molar-refractivity contribution in [1.82, 2.24) is 0 Å². The molecule has 0 atom stereocenters. The van der Waals surface area contributed by atoms with Gasteiger partial charge >= 0.3 is 6.03 Å². The van der Waals surface area contributed by atoms with E-state index < -0.39 is 11.9 Å². The first-order chi connectivity index (χ1) is 9.51. The van der Waals surface area contributed by atoms with Crippen LogP contribution in [0.3, 0.4) is 0 Å². The number of primary amides is 2. The molecule has 6 nitrogen and oxygen atoms in total. The molecule has 0 aliphatic rings. The van der Waals surface area contributed by atoms with Crippen LogP contribution in [0.1, 0.15) is 15.9 Å². The average Bonchev–Trinajstić information content (AvgIpc) is 2.82. The molecule has 0 saturated heterocycles. The van der Waals surface area contributed by atoms with Crippen LogP contribution in [-0.4, -0.2) is 11.9 Å². The Hall–Kier alpha value is -2.85. The SMILES string of the molecule is N#Cc1cccc(-c2cc(C(N)=O)c(NC(N)=O)s2)c1. The van der Waals surface area contributed by atoms with Gasteiger partial charge in [-0.3, -0.25) is 10.1 Å². The second-order valence-electron chi connectivity index (χ2n) is 3.90. The number of anilines is 1.